The molecule has 0 bridgehead atoms. The summed E-state index contributed by atoms with van der Waals surface area (Å²) in [4.78, 5) is 11.0. The zero-order valence-corrected chi connectivity index (χ0v) is 12.9. The molecular formula is C15H22N6. The van der Waals surface area contributed by atoms with E-state index in [-0.39, 0.29) is 0 Å². The van der Waals surface area contributed by atoms with E-state index >= 15 is 0 Å². The van der Waals surface area contributed by atoms with E-state index in [1.54, 1.807) is 0 Å². The van der Waals surface area contributed by atoms with Crippen LogP contribution in [0.1, 0.15) is 18.3 Å². The van der Waals surface area contributed by atoms with Crippen LogP contribution in [-0.4, -0.2) is 24.1 Å². The van der Waals surface area contributed by atoms with Gasteiger partial charge in [-0.15, -0.1) is 0 Å². The number of nitrogens with two attached hydrogens (primary N) is 1. The molecule has 0 aliphatic rings. The highest BCUT2D eigenvalue weighted by Gasteiger charge is 2.10. The molecule has 6 heteroatoms. The van der Waals surface area contributed by atoms with Crippen LogP contribution >= 0.6 is 0 Å². The normalized spacial score (nSPS) is 10.3. The standard InChI is InChI=1S/C15H22N6/c1-5-13-18-14(10(2)15(19-13)20-16)17-11-7-6-8-12(9-11)21(3)4/h6-9H,5,16H2,1-4H3,(H2,17,18,19,20). The maximum absolute atomic E-state index is 5.53. The fourth-order valence-corrected chi connectivity index (χ4v) is 1.98. The van der Waals surface area contributed by atoms with E-state index in [0.29, 0.717) is 5.82 Å². The lowest BCUT2D eigenvalue weighted by Gasteiger charge is -2.16. The lowest BCUT2D eigenvalue weighted by molar-refractivity contribution is 0.932. The highest BCUT2D eigenvalue weighted by Crippen LogP contribution is 2.25. The van der Waals surface area contributed by atoms with Gasteiger partial charge in [-0.25, -0.2) is 15.8 Å². The van der Waals surface area contributed by atoms with Crippen LogP contribution in [0.25, 0.3) is 0 Å². The van der Waals surface area contributed by atoms with Gasteiger partial charge in [-0.3, -0.25) is 0 Å². The summed E-state index contributed by atoms with van der Waals surface area (Å²) < 4.78 is 0. The van der Waals surface area contributed by atoms with Crippen LogP contribution in [-0.2, 0) is 6.42 Å². The molecule has 1 aromatic heterocycles. The smallest absolute Gasteiger partial charge is 0.148 e. The second-order valence-corrected chi connectivity index (χ2v) is 5.03. The molecule has 0 spiro atoms. The first-order chi connectivity index (χ1) is 10.0. The minimum Gasteiger partial charge on any atom is -0.378 e. The Morgan fingerprint density at radius 3 is 2.52 bits per heavy atom. The first-order valence-electron chi connectivity index (χ1n) is 6.93. The molecule has 0 fully saturated rings. The van der Waals surface area contributed by atoms with Gasteiger partial charge in [0.15, 0.2) is 0 Å². The quantitative estimate of drug-likeness (QED) is 0.579. The summed E-state index contributed by atoms with van der Waals surface area (Å²) in [6.45, 7) is 3.95. The average molecular weight is 286 g/mol. The van der Waals surface area contributed by atoms with Crippen LogP contribution in [0.4, 0.5) is 23.0 Å². The SMILES string of the molecule is CCc1nc(NN)c(C)c(Nc2cccc(N(C)C)c2)n1. The number of hydrogen-bond acceptors (Lipinski definition) is 6. The van der Waals surface area contributed by atoms with Crippen molar-refractivity contribution in [3.63, 3.8) is 0 Å². The third-order valence-corrected chi connectivity index (χ3v) is 3.27. The van der Waals surface area contributed by atoms with Crippen molar-refractivity contribution in [2.45, 2.75) is 20.3 Å². The van der Waals surface area contributed by atoms with Crippen LogP contribution in [0.15, 0.2) is 24.3 Å². The van der Waals surface area contributed by atoms with Gasteiger partial charge in [0, 0.05) is 37.5 Å². The van der Waals surface area contributed by atoms with Gasteiger partial charge in [0.25, 0.3) is 0 Å². The summed E-state index contributed by atoms with van der Waals surface area (Å²) in [6, 6.07) is 8.15. The zero-order chi connectivity index (χ0) is 15.4. The van der Waals surface area contributed by atoms with Crippen molar-refractivity contribution in [1.29, 1.82) is 0 Å². The Kier molecular flexibility index (Phi) is 4.59. The molecule has 1 aromatic carbocycles. The van der Waals surface area contributed by atoms with Gasteiger partial charge < -0.3 is 15.6 Å². The van der Waals surface area contributed by atoms with Gasteiger partial charge in [0.1, 0.15) is 17.5 Å². The fourth-order valence-electron chi connectivity index (χ4n) is 1.98. The van der Waals surface area contributed by atoms with Gasteiger partial charge in [-0.1, -0.05) is 13.0 Å². The maximum Gasteiger partial charge on any atom is 0.148 e. The van der Waals surface area contributed by atoms with Crippen LogP contribution in [0.3, 0.4) is 0 Å². The zero-order valence-electron chi connectivity index (χ0n) is 12.9. The molecule has 21 heavy (non-hydrogen) atoms. The van der Waals surface area contributed by atoms with E-state index in [1.165, 1.54) is 0 Å². The van der Waals surface area contributed by atoms with Crippen molar-refractivity contribution in [3.8, 4) is 0 Å². The van der Waals surface area contributed by atoms with Crippen molar-refractivity contribution in [3.05, 3.63) is 35.7 Å². The minimum atomic E-state index is 0.646. The predicted molar refractivity (Wildman–Crippen MR) is 88.0 cm³/mol. The first kappa shape index (κ1) is 15.1. The van der Waals surface area contributed by atoms with Crippen LogP contribution in [0.5, 0.6) is 0 Å². The Hall–Kier alpha value is -2.34. The Bertz CT molecular complexity index is 624. The maximum atomic E-state index is 5.53. The van der Waals surface area contributed by atoms with Gasteiger partial charge in [0.2, 0.25) is 0 Å². The molecule has 4 N–H and O–H groups in total. The third kappa shape index (κ3) is 3.41. The second-order valence-electron chi connectivity index (χ2n) is 5.03. The summed E-state index contributed by atoms with van der Waals surface area (Å²) >= 11 is 0. The molecule has 0 amide bonds. The monoisotopic (exact) mass is 286 g/mol. The van der Waals surface area contributed by atoms with Crippen LogP contribution < -0.4 is 21.5 Å². The molecule has 0 atom stereocenters. The van der Waals surface area contributed by atoms with E-state index in [2.05, 4.69) is 37.7 Å². The lowest BCUT2D eigenvalue weighted by Crippen LogP contribution is -2.14. The number of nitrogens with one attached hydrogen (secondary N) is 2. The summed E-state index contributed by atoms with van der Waals surface area (Å²) in [7, 11) is 4.03. The number of benzene rings is 1. The number of nitrogens with zero attached hydrogens (tertiary/aromatic N) is 3. The number of hydrogen-bond donors (Lipinski definition) is 3. The van der Waals surface area contributed by atoms with Crippen LogP contribution in [0, 0.1) is 6.92 Å². The molecular weight excluding hydrogens is 264 g/mol. The summed E-state index contributed by atoms with van der Waals surface area (Å²) in [5.74, 6) is 7.69. The van der Waals surface area contributed by atoms with Crippen LogP contribution in [0.2, 0.25) is 0 Å². The predicted octanol–water partition coefficient (Wildman–Crippen LogP) is 2.44. The highest BCUT2D eigenvalue weighted by atomic mass is 15.3. The Morgan fingerprint density at radius 2 is 1.90 bits per heavy atom. The van der Waals surface area contributed by atoms with Crippen molar-refractivity contribution < 1.29 is 0 Å². The van der Waals surface area contributed by atoms with Gasteiger partial charge in [-0.05, 0) is 25.1 Å². The molecule has 0 saturated carbocycles. The van der Waals surface area contributed by atoms with Crippen molar-refractivity contribution in [2.75, 3.05) is 29.7 Å². The van der Waals surface area contributed by atoms with E-state index in [9.17, 15) is 0 Å². The third-order valence-electron chi connectivity index (χ3n) is 3.27. The van der Waals surface area contributed by atoms with Gasteiger partial charge >= 0.3 is 0 Å². The Labute approximate surface area is 125 Å². The molecule has 0 unspecified atom stereocenters. The molecule has 0 aliphatic carbocycles. The first-order valence-corrected chi connectivity index (χ1v) is 6.93. The number of rotatable bonds is 5. The molecule has 6 nitrogen and oxygen atoms in total. The van der Waals surface area contributed by atoms with Gasteiger partial charge in [0.05, 0.1) is 0 Å². The summed E-state index contributed by atoms with van der Waals surface area (Å²) in [5.41, 5.74) is 5.62. The fraction of sp³-hybridized carbons (Fsp3) is 0.333. The lowest BCUT2D eigenvalue weighted by atomic mass is 10.2. The molecule has 0 radical (unpaired) electrons. The summed E-state index contributed by atoms with van der Waals surface area (Å²) in [5, 5.41) is 3.34. The molecule has 2 aromatic rings. The molecule has 112 valence electrons. The topological polar surface area (TPSA) is 79.1 Å². The van der Waals surface area contributed by atoms with E-state index in [0.717, 1.165) is 35.0 Å². The number of nitrogen functional groups attached to an aromatic ring is 1. The molecule has 0 saturated heterocycles. The van der Waals surface area contributed by atoms with E-state index < -0.39 is 0 Å². The van der Waals surface area contributed by atoms with Crippen molar-refractivity contribution in [1.82, 2.24) is 9.97 Å². The molecule has 1 heterocycles. The van der Waals surface area contributed by atoms with E-state index in [1.807, 2.05) is 40.1 Å². The van der Waals surface area contributed by atoms with E-state index in [4.69, 9.17) is 5.84 Å². The Balaban J connectivity index is 2.36. The average Bonchev–Trinajstić information content (AvgIpc) is 2.49. The molecule has 0 aliphatic heterocycles. The van der Waals surface area contributed by atoms with Crippen molar-refractivity contribution >= 4 is 23.0 Å². The number of aromatic nitrogens is 2. The number of aryl methyl sites for hydroxylation is 1. The second kappa shape index (κ2) is 6.41. The molecule has 2 rings (SSSR count). The summed E-state index contributed by atoms with van der Waals surface area (Å²) in [6.07, 6.45) is 0.751. The van der Waals surface area contributed by atoms with Crippen molar-refractivity contribution in [2.24, 2.45) is 5.84 Å². The minimum absolute atomic E-state index is 0.646. The van der Waals surface area contributed by atoms with Gasteiger partial charge in [-0.2, -0.15) is 0 Å². The number of hydrazine groups is 1. The Morgan fingerprint density at radius 1 is 1.19 bits per heavy atom. The number of anilines is 4. The highest BCUT2D eigenvalue weighted by molar-refractivity contribution is 5.67. The largest absolute Gasteiger partial charge is 0.378 e.